The molecular formula is C17H24Cl2N2O. The number of piperazine rings is 1. The van der Waals surface area contributed by atoms with Gasteiger partial charge in [-0.25, -0.2) is 0 Å². The molecule has 1 heterocycles. The Hall–Kier alpha value is -0.320. The van der Waals surface area contributed by atoms with Gasteiger partial charge < -0.3 is 5.11 Å². The van der Waals surface area contributed by atoms with Crippen molar-refractivity contribution >= 4 is 23.2 Å². The van der Waals surface area contributed by atoms with Gasteiger partial charge in [-0.2, -0.15) is 0 Å². The van der Waals surface area contributed by atoms with Gasteiger partial charge in [-0.1, -0.05) is 42.1 Å². The standard InChI is InChI=1S/C17H24Cl2N2O/c18-13-5-6-15(16(19)11-13)17(22)12-20-7-9-21(10-8-20)14-3-1-2-4-14/h5-6,11,14,17,22H,1-4,7-10,12H2. The summed E-state index contributed by atoms with van der Waals surface area (Å²) in [5.74, 6) is 0. The van der Waals surface area contributed by atoms with Crippen LogP contribution < -0.4 is 0 Å². The van der Waals surface area contributed by atoms with E-state index in [-0.39, 0.29) is 0 Å². The van der Waals surface area contributed by atoms with Crippen LogP contribution in [0, 0.1) is 0 Å². The molecule has 0 spiro atoms. The van der Waals surface area contributed by atoms with Gasteiger partial charge in [0.1, 0.15) is 0 Å². The number of nitrogens with zero attached hydrogens (tertiary/aromatic N) is 2. The molecule has 0 radical (unpaired) electrons. The summed E-state index contributed by atoms with van der Waals surface area (Å²) >= 11 is 12.1. The summed E-state index contributed by atoms with van der Waals surface area (Å²) < 4.78 is 0. The van der Waals surface area contributed by atoms with Crippen molar-refractivity contribution < 1.29 is 5.11 Å². The summed E-state index contributed by atoms with van der Waals surface area (Å²) in [6.07, 6.45) is 4.95. The lowest BCUT2D eigenvalue weighted by molar-refractivity contribution is 0.0571. The lowest BCUT2D eigenvalue weighted by Crippen LogP contribution is -2.50. The van der Waals surface area contributed by atoms with Crippen LogP contribution in [0.25, 0.3) is 0 Å². The van der Waals surface area contributed by atoms with Crippen LogP contribution in [0.3, 0.4) is 0 Å². The van der Waals surface area contributed by atoms with Crippen molar-refractivity contribution in [1.29, 1.82) is 0 Å². The van der Waals surface area contributed by atoms with E-state index in [4.69, 9.17) is 23.2 Å². The van der Waals surface area contributed by atoms with Crippen LogP contribution in [-0.4, -0.2) is 53.7 Å². The van der Waals surface area contributed by atoms with Gasteiger partial charge in [-0.05, 0) is 25.0 Å². The summed E-state index contributed by atoms with van der Waals surface area (Å²) in [6, 6.07) is 6.10. The number of aliphatic hydroxyl groups excluding tert-OH is 1. The highest BCUT2D eigenvalue weighted by Gasteiger charge is 2.27. The molecule has 1 aliphatic carbocycles. The number of halogens is 2. The first-order valence-electron chi connectivity index (χ1n) is 8.23. The van der Waals surface area contributed by atoms with E-state index in [9.17, 15) is 5.11 Å². The maximum atomic E-state index is 10.4. The Morgan fingerprint density at radius 2 is 1.77 bits per heavy atom. The summed E-state index contributed by atoms with van der Waals surface area (Å²) in [5, 5.41) is 11.6. The van der Waals surface area contributed by atoms with Crippen molar-refractivity contribution in [3.8, 4) is 0 Å². The molecule has 2 aliphatic rings. The van der Waals surface area contributed by atoms with E-state index in [1.165, 1.54) is 25.7 Å². The minimum atomic E-state index is -0.553. The lowest BCUT2D eigenvalue weighted by Gasteiger charge is -2.38. The van der Waals surface area contributed by atoms with Crippen molar-refractivity contribution in [3.63, 3.8) is 0 Å². The Labute approximate surface area is 142 Å². The fourth-order valence-electron chi connectivity index (χ4n) is 3.70. The van der Waals surface area contributed by atoms with Crippen LogP contribution in [0.5, 0.6) is 0 Å². The van der Waals surface area contributed by atoms with Crippen LogP contribution in [-0.2, 0) is 0 Å². The fourth-order valence-corrected chi connectivity index (χ4v) is 4.23. The Morgan fingerprint density at radius 3 is 2.41 bits per heavy atom. The third-order valence-electron chi connectivity index (χ3n) is 5.00. The second kappa shape index (κ2) is 7.50. The smallest absolute Gasteiger partial charge is 0.0931 e. The van der Waals surface area contributed by atoms with Crippen LogP contribution >= 0.6 is 23.2 Å². The molecule has 1 atom stereocenters. The first-order valence-corrected chi connectivity index (χ1v) is 8.98. The summed E-state index contributed by atoms with van der Waals surface area (Å²) in [7, 11) is 0. The average molecular weight is 343 g/mol. The second-order valence-corrected chi connectivity index (χ2v) is 7.30. The monoisotopic (exact) mass is 342 g/mol. The molecule has 3 nitrogen and oxygen atoms in total. The van der Waals surface area contributed by atoms with E-state index < -0.39 is 6.10 Å². The Bertz CT molecular complexity index is 497. The predicted molar refractivity (Wildman–Crippen MR) is 91.7 cm³/mol. The lowest BCUT2D eigenvalue weighted by atomic mass is 10.1. The first-order chi connectivity index (χ1) is 10.6. The molecule has 2 fully saturated rings. The SMILES string of the molecule is OC(CN1CCN(C2CCCC2)CC1)c1ccc(Cl)cc1Cl. The number of β-amino-alcohol motifs (C(OH)–C–C–N with tert-alkyl or cyclic N) is 1. The molecule has 1 aliphatic heterocycles. The maximum absolute atomic E-state index is 10.4. The third-order valence-corrected chi connectivity index (χ3v) is 5.56. The Morgan fingerprint density at radius 1 is 1.09 bits per heavy atom. The van der Waals surface area contributed by atoms with Gasteiger partial charge in [0.25, 0.3) is 0 Å². The largest absolute Gasteiger partial charge is 0.387 e. The molecule has 1 unspecified atom stereocenters. The summed E-state index contributed by atoms with van der Waals surface area (Å²) in [5.41, 5.74) is 0.768. The van der Waals surface area contributed by atoms with Crippen molar-refractivity contribution in [2.75, 3.05) is 32.7 Å². The van der Waals surface area contributed by atoms with Gasteiger partial charge in [0.2, 0.25) is 0 Å². The molecule has 0 amide bonds. The quantitative estimate of drug-likeness (QED) is 0.905. The molecule has 0 aromatic heterocycles. The van der Waals surface area contributed by atoms with Crippen LogP contribution in [0.1, 0.15) is 37.4 Å². The molecule has 1 aromatic carbocycles. The van der Waals surface area contributed by atoms with E-state index in [2.05, 4.69) is 9.80 Å². The van der Waals surface area contributed by atoms with Gasteiger partial charge in [0, 0.05) is 54.4 Å². The summed E-state index contributed by atoms with van der Waals surface area (Å²) in [6.45, 7) is 4.93. The molecule has 122 valence electrons. The molecule has 0 bridgehead atoms. The van der Waals surface area contributed by atoms with Crippen molar-refractivity contribution in [3.05, 3.63) is 33.8 Å². The highest BCUT2D eigenvalue weighted by molar-refractivity contribution is 6.35. The number of hydrogen-bond acceptors (Lipinski definition) is 3. The number of rotatable bonds is 4. The molecular weight excluding hydrogens is 319 g/mol. The zero-order valence-electron chi connectivity index (χ0n) is 12.8. The molecule has 1 N–H and O–H groups in total. The fraction of sp³-hybridized carbons (Fsp3) is 0.647. The van der Waals surface area contributed by atoms with Crippen molar-refractivity contribution in [2.45, 2.75) is 37.8 Å². The predicted octanol–water partition coefficient (Wildman–Crippen LogP) is 3.59. The maximum Gasteiger partial charge on any atom is 0.0931 e. The zero-order chi connectivity index (χ0) is 15.5. The molecule has 1 aromatic rings. The number of aliphatic hydroxyl groups is 1. The number of hydrogen-bond donors (Lipinski definition) is 1. The van der Waals surface area contributed by atoms with Crippen molar-refractivity contribution in [1.82, 2.24) is 9.80 Å². The highest BCUT2D eigenvalue weighted by atomic mass is 35.5. The van der Waals surface area contributed by atoms with Gasteiger partial charge in [0.15, 0.2) is 0 Å². The van der Waals surface area contributed by atoms with Gasteiger partial charge in [-0.15, -0.1) is 0 Å². The molecule has 3 rings (SSSR count). The van der Waals surface area contributed by atoms with Crippen LogP contribution in [0.15, 0.2) is 18.2 Å². The van der Waals surface area contributed by atoms with E-state index in [1.54, 1.807) is 12.1 Å². The average Bonchev–Trinajstić information content (AvgIpc) is 3.02. The molecule has 1 saturated carbocycles. The van der Waals surface area contributed by atoms with Gasteiger partial charge in [0.05, 0.1) is 6.10 Å². The first kappa shape index (κ1) is 16.5. The minimum absolute atomic E-state index is 0.546. The Kier molecular flexibility index (Phi) is 5.64. The minimum Gasteiger partial charge on any atom is -0.387 e. The van der Waals surface area contributed by atoms with E-state index in [0.717, 1.165) is 37.8 Å². The van der Waals surface area contributed by atoms with Crippen molar-refractivity contribution in [2.24, 2.45) is 0 Å². The van der Waals surface area contributed by atoms with Gasteiger partial charge in [-0.3, -0.25) is 9.80 Å². The number of benzene rings is 1. The second-order valence-electron chi connectivity index (χ2n) is 6.46. The van der Waals surface area contributed by atoms with Gasteiger partial charge >= 0.3 is 0 Å². The zero-order valence-corrected chi connectivity index (χ0v) is 14.4. The topological polar surface area (TPSA) is 26.7 Å². The molecule has 22 heavy (non-hydrogen) atoms. The highest BCUT2D eigenvalue weighted by Crippen LogP contribution is 2.28. The Balaban J connectivity index is 1.51. The normalized spacial score (nSPS) is 23.0. The molecule has 5 heteroatoms. The van der Waals surface area contributed by atoms with E-state index >= 15 is 0 Å². The summed E-state index contributed by atoms with van der Waals surface area (Å²) in [4.78, 5) is 4.96. The van der Waals surface area contributed by atoms with Crippen LogP contribution in [0.4, 0.5) is 0 Å². The third kappa shape index (κ3) is 3.95. The van der Waals surface area contributed by atoms with E-state index in [0.29, 0.717) is 16.6 Å². The van der Waals surface area contributed by atoms with Crippen LogP contribution in [0.2, 0.25) is 10.0 Å². The van der Waals surface area contributed by atoms with E-state index in [1.807, 2.05) is 6.07 Å². The molecule has 1 saturated heterocycles.